The van der Waals surface area contributed by atoms with Crippen LogP contribution in [-0.4, -0.2) is 23.0 Å². The van der Waals surface area contributed by atoms with E-state index in [1.54, 1.807) is 42.9 Å². The average molecular weight is 354 g/mol. The molecule has 8 heteroatoms. The van der Waals surface area contributed by atoms with Gasteiger partial charge < -0.3 is 0 Å². The molecular formula is C14H12ClN3O2S2. The molecule has 0 radical (unpaired) electrons. The van der Waals surface area contributed by atoms with Gasteiger partial charge in [-0.25, -0.2) is 18.4 Å². The van der Waals surface area contributed by atoms with Crippen molar-refractivity contribution in [3.8, 4) is 5.69 Å². The van der Waals surface area contributed by atoms with Crippen LogP contribution in [0.2, 0.25) is 5.02 Å². The van der Waals surface area contributed by atoms with Gasteiger partial charge in [-0.1, -0.05) is 17.7 Å². The number of imidazole rings is 1. The van der Waals surface area contributed by atoms with Crippen molar-refractivity contribution in [1.29, 1.82) is 0 Å². The molecule has 0 N–H and O–H groups in total. The third kappa shape index (κ3) is 2.92. The predicted octanol–water partition coefficient (Wildman–Crippen LogP) is 3.26. The molecule has 0 bridgehead atoms. The molecule has 2 heterocycles. The zero-order valence-corrected chi connectivity index (χ0v) is 14.0. The summed E-state index contributed by atoms with van der Waals surface area (Å²) in [6.07, 6.45) is 3.07. The number of hydrogen-bond donors (Lipinski definition) is 0. The summed E-state index contributed by atoms with van der Waals surface area (Å²) in [5.41, 5.74) is 3.03. The maximum absolute atomic E-state index is 12.7. The smallest absolute Gasteiger partial charge is 0.232 e. The van der Waals surface area contributed by atoms with Gasteiger partial charge in [0.25, 0.3) is 0 Å². The van der Waals surface area contributed by atoms with Gasteiger partial charge in [0.15, 0.2) is 0 Å². The fourth-order valence-corrected chi connectivity index (χ4v) is 4.90. The number of aromatic nitrogens is 3. The van der Waals surface area contributed by atoms with E-state index in [4.69, 9.17) is 11.6 Å². The summed E-state index contributed by atoms with van der Waals surface area (Å²) in [5, 5.41) is 0.537. The average Bonchev–Trinajstić information content (AvgIpc) is 3.09. The lowest BCUT2D eigenvalue weighted by Crippen LogP contribution is -2.11. The maximum atomic E-state index is 12.7. The van der Waals surface area contributed by atoms with Gasteiger partial charge in [-0.15, -0.1) is 11.3 Å². The van der Waals surface area contributed by atoms with Gasteiger partial charge in [-0.05, 0) is 25.1 Å². The Morgan fingerprint density at radius 1 is 1.32 bits per heavy atom. The Balaban J connectivity index is 2.03. The molecule has 0 fully saturated rings. The maximum Gasteiger partial charge on any atom is 0.232 e. The molecule has 0 unspecified atom stereocenters. The highest BCUT2D eigenvalue weighted by Crippen LogP contribution is 2.23. The van der Waals surface area contributed by atoms with E-state index in [9.17, 15) is 8.42 Å². The summed E-state index contributed by atoms with van der Waals surface area (Å²) < 4.78 is 26.8. The minimum Gasteiger partial charge on any atom is -0.291 e. The normalized spacial score (nSPS) is 11.7. The Bertz CT molecular complexity index is 916. The van der Waals surface area contributed by atoms with Crippen LogP contribution in [0, 0.1) is 6.92 Å². The molecule has 3 rings (SSSR count). The number of sulfone groups is 1. The number of thiazole rings is 1. The first-order valence-corrected chi connectivity index (χ1v) is 9.29. The SMILES string of the molecule is Cc1ncsc1CS(=O)(=O)c1nccn1-c1cccc(Cl)c1. The number of halogens is 1. The first-order valence-electron chi connectivity index (χ1n) is 6.38. The molecule has 0 aliphatic heterocycles. The van der Waals surface area contributed by atoms with E-state index in [0.29, 0.717) is 10.7 Å². The van der Waals surface area contributed by atoms with Crippen LogP contribution < -0.4 is 0 Å². The standard InChI is InChI=1S/C14H12ClN3O2S2/c1-10-13(21-9-17-10)8-22(19,20)14-16-5-6-18(14)12-4-2-3-11(15)7-12/h2-7,9H,8H2,1H3. The van der Waals surface area contributed by atoms with Crippen LogP contribution >= 0.6 is 22.9 Å². The van der Waals surface area contributed by atoms with Crippen LogP contribution in [0.1, 0.15) is 10.6 Å². The number of aryl methyl sites for hydroxylation is 1. The second-order valence-corrected chi connectivity index (χ2v) is 7.94. The number of nitrogens with zero attached hydrogens (tertiary/aromatic N) is 3. The number of hydrogen-bond acceptors (Lipinski definition) is 5. The summed E-state index contributed by atoms with van der Waals surface area (Å²) in [7, 11) is -3.57. The molecule has 5 nitrogen and oxygen atoms in total. The lowest BCUT2D eigenvalue weighted by atomic mass is 10.3. The highest BCUT2D eigenvalue weighted by molar-refractivity contribution is 7.90. The van der Waals surface area contributed by atoms with Gasteiger partial charge >= 0.3 is 0 Å². The van der Waals surface area contributed by atoms with Crippen LogP contribution in [0.15, 0.2) is 47.3 Å². The Morgan fingerprint density at radius 3 is 2.82 bits per heavy atom. The Morgan fingerprint density at radius 2 is 2.14 bits per heavy atom. The fourth-order valence-electron chi connectivity index (χ4n) is 2.04. The highest BCUT2D eigenvalue weighted by atomic mass is 35.5. The van der Waals surface area contributed by atoms with Crippen LogP contribution in [0.5, 0.6) is 0 Å². The van der Waals surface area contributed by atoms with Crippen molar-refractivity contribution >= 4 is 32.8 Å². The molecule has 0 aliphatic rings. The van der Waals surface area contributed by atoms with E-state index < -0.39 is 9.84 Å². The lowest BCUT2D eigenvalue weighted by Gasteiger charge is -2.08. The van der Waals surface area contributed by atoms with Crippen molar-refractivity contribution in [3.05, 3.63) is 57.8 Å². The molecule has 0 saturated heterocycles. The number of rotatable bonds is 4. The second kappa shape index (κ2) is 5.83. The molecule has 0 atom stereocenters. The molecule has 114 valence electrons. The minimum atomic E-state index is -3.57. The topological polar surface area (TPSA) is 64.8 Å². The van der Waals surface area contributed by atoms with E-state index in [1.165, 1.54) is 22.1 Å². The largest absolute Gasteiger partial charge is 0.291 e. The van der Waals surface area contributed by atoms with Gasteiger partial charge in [-0.2, -0.15) is 0 Å². The van der Waals surface area contributed by atoms with Crippen molar-refractivity contribution in [2.45, 2.75) is 17.8 Å². The molecule has 0 aliphatic carbocycles. The van der Waals surface area contributed by atoms with Gasteiger partial charge in [-0.3, -0.25) is 4.57 Å². The molecule has 0 spiro atoms. The van der Waals surface area contributed by atoms with Crippen LogP contribution in [0.25, 0.3) is 5.69 Å². The summed E-state index contributed by atoms with van der Waals surface area (Å²) in [6.45, 7) is 1.80. The Labute approximate surface area is 137 Å². The second-order valence-electron chi connectivity index (χ2n) is 4.68. The van der Waals surface area contributed by atoms with E-state index in [2.05, 4.69) is 9.97 Å². The summed E-state index contributed by atoms with van der Waals surface area (Å²) >= 11 is 7.30. The molecule has 1 aromatic carbocycles. The number of benzene rings is 1. The van der Waals surface area contributed by atoms with Crippen molar-refractivity contribution in [1.82, 2.24) is 14.5 Å². The highest BCUT2D eigenvalue weighted by Gasteiger charge is 2.23. The third-order valence-corrected chi connectivity index (χ3v) is 6.02. The van der Waals surface area contributed by atoms with Crippen LogP contribution in [-0.2, 0) is 15.6 Å². The quantitative estimate of drug-likeness (QED) is 0.722. The summed E-state index contributed by atoms with van der Waals surface area (Å²) in [4.78, 5) is 8.83. The first kappa shape index (κ1) is 15.2. The predicted molar refractivity (Wildman–Crippen MR) is 86.3 cm³/mol. The monoisotopic (exact) mass is 353 g/mol. The van der Waals surface area contributed by atoms with Crippen molar-refractivity contribution in [2.75, 3.05) is 0 Å². The molecule has 22 heavy (non-hydrogen) atoms. The molecular weight excluding hydrogens is 342 g/mol. The zero-order valence-electron chi connectivity index (χ0n) is 11.6. The van der Waals surface area contributed by atoms with Gasteiger partial charge in [0.2, 0.25) is 15.0 Å². The minimum absolute atomic E-state index is 0.00238. The lowest BCUT2D eigenvalue weighted by molar-refractivity contribution is 0.583. The van der Waals surface area contributed by atoms with E-state index in [0.717, 1.165) is 10.6 Å². The van der Waals surface area contributed by atoms with Crippen molar-refractivity contribution in [2.24, 2.45) is 0 Å². The third-order valence-electron chi connectivity index (χ3n) is 3.14. The van der Waals surface area contributed by atoms with Crippen LogP contribution in [0.4, 0.5) is 0 Å². The summed E-state index contributed by atoms with van der Waals surface area (Å²) in [6, 6.07) is 6.98. The van der Waals surface area contributed by atoms with Crippen molar-refractivity contribution < 1.29 is 8.42 Å². The van der Waals surface area contributed by atoms with Crippen LogP contribution in [0.3, 0.4) is 0 Å². The zero-order chi connectivity index (χ0) is 15.7. The van der Waals surface area contributed by atoms with Gasteiger partial charge in [0, 0.05) is 28.0 Å². The summed E-state index contributed by atoms with van der Waals surface area (Å²) in [5.74, 6) is -0.110. The molecule has 2 aromatic heterocycles. The van der Waals surface area contributed by atoms with Gasteiger partial charge in [0.1, 0.15) is 0 Å². The van der Waals surface area contributed by atoms with E-state index >= 15 is 0 Å². The fraction of sp³-hybridized carbons (Fsp3) is 0.143. The molecule has 0 amide bonds. The van der Waals surface area contributed by atoms with E-state index in [-0.39, 0.29) is 10.9 Å². The molecule has 0 saturated carbocycles. The van der Waals surface area contributed by atoms with Crippen molar-refractivity contribution in [3.63, 3.8) is 0 Å². The first-order chi connectivity index (χ1) is 10.5. The van der Waals surface area contributed by atoms with E-state index in [1.807, 2.05) is 0 Å². The van der Waals surface area contributed by atoms with Gasteiger partial charge in [0.05, 0.1) is 17.0 Å². The molecule has 3 aromatic rings. The Kier molecular flexibility index (Phi) is 4.03. The Hall–Kier alpha value is -1.70.